The predicted molar refractivity (Wildman–Crippen MR) is 79.2 cm³/mol. The zero-order chi connectivity index (χ0) is 14.3. The standard InChI is InChI=1S/C14H16N2O2S/c1-3-6-18-12-5-4-10(8-13(12)17-2)7-11(9-15)14(16)19/h4-5,7-8H,3,6H2,1-2H3,(H2,16,19)/b11-7-. The maximum Gasteiger partial charge on any atom is 0.161 e. The molecule has 19 heavy (non-hydrogen) atoms. The number of thiocarbonyl (C=S) groups is 1. The van der Waals surface area contributed by atoms with Crippen LogP contribution in [0.2, 0.25) is 0 Å². The minimum absolute atomic E-state index is 0.0766. The molecule has 0 unspecified atom stereocenters. The molecule has 0 saturated carbocycles. The minimum Gasteiger partial charge on any atom is -0.493 e. The van der Waals surface area contributed by atoms with E-state index in [1.165, 1.54) is 0 Å². The van der Waals surface area contributed by atoms with Crippen LogP contribution in [0.15, 0.2) is 23.8 Å². The number of methoxy groups -OCH3 is 1. The molecule has 0 aliphatic heterocycles. The summed E-state index contributed by atoms with van der Waals surface area (Å²) in [6, 6.07) is 7.36. The van der Waals surface area contributed by atoms with Gasteiger partial charge in [-0.2, -0.15) is 5.26 Å². The number of rotatable bonds is 6. The first-order valence-corrected chi connectivity index (χ1v) is 6.25. The van der Waals surface area contributed by atoms with Crippen molar-refractivity contribution in [1.82, 2.24) is 0 Å². The molecule has 0 saturated heterocycles. The van der Waals surface area contributed by atoms with E-state index in [1.807, 2.05) is 19.1 Å². The lowest BCUT2D eigenvalue weighted by Crippen LogP contribution is -2.09. The van der Waals surface area contributed by atoms with Gasteiger partial charge in [0.1, 0.15) is 11.1 Å². The van der Waals surface area contributed by atoms with Gasteiger partial charge in [0.25, 0.3) is 0 Å². The Labute approximate surface area is 118 Å². The van der Waals surface area contributed by atoms with Crippen LogP contribution in [0.5, 0.6) is 11.5 Å². The van der Waals surface area contributed by atoms with Gasteiger partial charge < -0.3 is 15.2 Å². The van der Waals surface area contributed by atoms with Crippen molar-refractivity contribution < 1.29 is 9.47 Å². The molecule has 1 aromatic rings. The number of benzene rings is 1. The summed E-state index contributed by atoms with van der Waals surface area (Å²) in [4.78, 5) is 0.0766. The van der Waals surface area contributed by atoms with Crippen molar-refractivity contribution in [2.45, 2.75) is 13.3 Å². The van der Waals surface area contributed by atoms with Crippen molar-refractivity contribution in [3.05, 3.63) is 29.3 Å². The molecule has 0 fully saturated rings. The molecule has 4 nitrogen and oxygen atoms in total. The summed E-state index contributed by atoms with van der Waals surface area (Å²) in [6.07, 6.45) is 2.54. The highest BCUT2D eigenvalue weighted by atomic mass is 32.1. The Hall–Kier alpha value is -2.06. The lowest BCUT2D eigenvalue weighted by atomic mass is 10.1. The fourth-order valence-corrected chi connectivity index (χ4v) is 1.53. The second-order valence-electron chi connectivity index (χ2n) is 3.79. The molecule has 0 amide bonds. The van der Waals surface area contributed by atoms with Crippen LogP contribution in [-0.4, -0.2) is 18.7 Å². The van der Waals surface area contributed by atoms with E-state index < -0.39 is 0 Å². The highest BCUT2D eigenvalue weighted by Gasteiger charge is 2.06. The van der Waals surface area contributed by atoms with Crippen molar-refractivity contribution in [2.24, 2.45) is 5.73 Å². The Morgan fingerprint density at radius 3 is 2.74 bits per heavy atom. The first-order chi connectivity index (χ1) is 9.12. The van der Waals surface area contributed by atoms with E-state index in [0.29, 0.717) is 18.1 Å². The van der Waals surface area contributed by atoms with Crippen molar-refractivity contribution in [3.8, 4) is 17.6 Å². The Bertz CT molecular complexity index is 533. The molecular weight excluding hydrogens is 260 g/mol. The SMILES string of the molecule is CCCOc1ccc(/C=C(/C#N)C(N)=S)cc1OC. The molecule has 0 bridgehead atoms. The Kier molecular flexibility index (Phi) is 5.83. The van der Waals surface area contributed by atoms with Gasteiger partial charge in [-0.15, -0.1) is 0 Å². The van der Waals surface area contributed by atoms with E-state index >= 15 is 0 Å². The van der Waals surface area contributed by atoms with Crippen LogP contribution in [0.3, 0.4) is 0 Å². The van der Waals surface area contributed by atoms with E-state index in [2.05, 4.69) is 0 Å². The summed E-state index contributed by atoms with van der Waals surface area (Å²) in [7, 11) is 1.57. The van der Waals surface area contributed by atoms with E-state index in [4.69, 9.17) is 32.7 Å². The van der Waals surface area contributed by atoms with E-state index in [0.717, 1.165) is 12.0 Å². The predicted octanol–water partition coefficient (Wildman–Crippen LogP) is 2.68. The van der Waals surface area contributed by atoms with Crippen LogP contribution in [-0.2, 0) is 0 Å². The fourth-order valence-electron chi connectivity index (χ4n) is 1.43. The summed E-state index contributed by atoms with van der Waals surface area (Å²) in [5.41, 5.74) is 6.49. The molecule has 2 N–H and O–H groups in total. The average molecular weight is 276 g/mol. The van der Waals surface area contributed by atoms with Crippen molar-refractivity contribution in [3.63, 3.8) is 0 Å². The Morgan fingerprint density at radius 2 is 2.21 bits per heavy atom. The molecule has 100 valence electrons. The zero-order valence-electron chi connectivity index (χ0n) is 11.0. The molecule has 0 atom stereocenters. The summed E-state index contributed by atoms with van der Waals surface area (Å²) in [5, 5.41) is 8.91. The minimum atomic E-state index is 0.0766. The normalized spacial score (nSPS) is 10.7. The number of nitrogens with zero attached hydrogens (tertiary/aromatic N) is 1. The van der Waals surface area contributed by atoms with Crippen LogP contribution in [0.4, 0.5) is 0 Å². The summed E-state index contributed by atoms with van der Waals surface area (Å²) in [6.45, 7) is 2.66. The number of ether oxygens (including phenoxy) is 2. The molecule has 0 radical (unpaired) electrons. The quantitative estimate of drug-likeness (QED) is 0.491. The lowest BCUT2D eigenvalue weighted by Gasteiger charge is -2.10. The van der Waals surface area contributed by atoms with E-state index in [1.54, 1.807) is 25.3 Å². The van der Waals surface area contributed by atoms with Gasteiger partial charge in [0.15, 0.2) is 11.5 Å². The number of nitrogens with two attached hydrogens (primary N) is 1. The number of hydrogen-bond donors (Lipinski definition) is 1. The zero-order valence-corrected chi connectivity index (χ0v) is 11.8. The lowest BCUT2D eigenvalue weighted by molar-refractivity contribution is 0.294. The summed E-state index contributed by atoms with van der Waals surface area (Å²) in [5.74, 6) is 1.29. The Balaban J connectivity index is 3.06. The molecular formula is C14H16N2O2S. The maximum absolute atomic E-state index is 8.91. The third-order valence-corrected chi connectivity index (χ3v) is 2.57. The highest BCUT2D eigenvalue weighted by molar-refractivity contribution is 7.80. The van der Waals surface area contributed by atoms with Crippen LogP contribution < -0.4 is 15.2 Å². The molecule has 0 aromatic heterocycles. The maximum atomic E-state index is 8.91. The van der Waals surface area contributed by atoms with E-state index in [-0.39, 0.29) is 10.6 Å². The van der Waals surface area contributed by atoms with Crippen LogP contribution in [0.1, 0.15) is 18.9 Å². The van der Waals surface area contributed by atoms with Crippen molar-refractivity contribution in [2.75, 3.05) is 13.7 Å². The van der Waals surface area contributed by atoms with Crippen LogP contribution in [0, 0.1) is 11.3 Å². The Morgan fingerprint density at radius 1 is 1.47 bits per heavy atom. The van der Waals surface area contributed by atoms with Gasteiger partial charge in [-0.05, 0) is 30.2 Å². The van der Waals surface area contributed by atoms with Crippen LogP contribution in [0.25, 0.3) is 6.08 Å². The van der Waals surface area contributed by atoms with Crippen molar-refractivity contribution in [1.29, 1.82) is 5.26 Å². The second-order valence-corrected chi connectivity index (χ2v) is 4.23. The average Bonchev–Trinajstić information content (AvgIpc) is 2.42. The number of hydrogen-bond acceptors (Lipinski definition) is 4. The van der Waals surface area contributed by atoms with Gasteiger partial charge in [-0.3, -0.25) is 0 Å². The first kappa shape index (κ1) is 15.0. The van der Waals surface area contributed by atoms with Crippen LogP contribution >= 0.6 is 12.2 Å². The molecule has 0 heterocycles. The van der Waals surface area contributed by atoms with Gasteiger partial charge in [-0.1, -0.05) is 25.2 Å². The first-order valence-electron chi connectivity index (χ1n) is 5.84. The molecule has 1 aromatic carbocycles. The topological polar surface area (TPSA) is 68.3 Å². The molecule has 0 aliphatic rings. The molecule has 0 spiro atoms. The second kappa shape index (κ2) is 7.39. The summed E-state index contributed by atoms with van der Waals surface area (Å²) >= 11 is 4.79. The third kappa shape index (κ3) is 4.27. The fraction of sp³-hybridized carbons (Fsp3) is 0.286. The third-order valence-electron chi connectivity index (χ3n) is 2.35. The highest BCUT2D eigenvalue weighted by Crippen LogP contribution is 2.29. The molecule has 5 heteroatoms. The molecule has 0 aliphatic carbocycles. The van der Waals surface area contributed by atoms with Gasteiger partial charge in [0.2, 0.25) is 0 Å². The van der Waals surface area contributed by atoms with Gasteiger partial charge in [0, 0.05) is 0 Å². The van der Waals surface area contributed by atoms with Gasteiger partial charge >= 0.3 is 0 Å². The summed E-state index contributed by atoms with van der Waals surface area (Å²) < 4.78 is 10.8. The smallest absolute Gasteiger partial charge is 0.161 e. The monoisotopic (exact) mass is 276 g/mol. The van der Waals surface area contributed by atoms with Crippen molar-refractivity contribution >= 4 is 23.3 Å². The molecule has 1 rings (SSSR count). The number of nitriles is 1. The largest absolute Gasteiger partial charge is 0.493 e. The van der Waals surface area contributed by atoms with E-state index in [9.17, 15) is 0 Å². The van der Waals surface area contributed by atoms with Gasteiger partial charge in [-0.25, -0.2) is 0 Å². The van der Waals surface area contributed by atoms with Gasteiger partial charge in [0.05, 0.1) is 19.3 Å².